The van der Waals surface area contributed by atoms with Crippen LogP contribution in [-0.4, -0.2) is 29.4 Å². The average molecular weight is 250 g/mol. The molecule has 0 spiro atoms. The number of halogens is 1. The van der Waals surface area contributed by atoms with Crippen LogP contribution in [0.15, 0.2) is 0 Å². The third-order valence-electron chi connectivity index (χ3n) is 2.64. The minimum atomic E-state index is 0.289. The third-order valence-corrected chi connectivity index (χ3v) is 4.01. The smallest absolute Gasteiger partial charge is 0.0246 e. The molecule has 0 fully saturated rings. The van der Waals surface area contributed by atoms with Crippen LogP contribution in [0.25, 0.3) is 0 Å². The zero-order chi connectivity index (χ0) is 10.5. The predicted molar refractivity (Wildman–Crippen MR) is 64.6 cm³/mol. The second-order valence-electron chi connectivity index (χ2n) is 4.90. The average Bonchev–Trinajstić information content (AvgIpc) is 2.03. The molecule has 0 aromatic heterocycles. The Kier molecular flexibility index (Phi) is 6.23. The molecule has 0 rings (SSSR count). The zero-order valence-electron chi connectivity index (χ0n) is 9.73. The molecular weight excluding hydrogens is 226 g/mol. The lowest BCUT2D eigenvalue weighted by Crippen LogP contribution is -2.43. The largest absolute Gasteiger partial charge is 0.300 e. The van der Waals surface area contributed by atoms with Crippen molar-refractivity contribution in [3.05, 3.63) is 0 Å². The summed E-state index contributed by atoms with van der Waals surface area (Å²) in [5.74, 6) is 0.834. The van der Waals surface area contributed by atoms with Gasteiger partial charge in [0.2, 0.25) is 0 Å². The lowest BCUT2D eigenvalue weighted by atomic mass is 10.0. The summed E-state index contributed by atoms with van der Waals surface area (Å²) in [6.07, 6.45) is 2.65. The molecule has 13 heavy (non-hydrogen) atoms. The van der Waals surface area contributed by atoms with Gasteiger partial charge in [-0.3, -0.25) is 0 Å². The minimum absolute atomic E-state index is 0.289. The Morgan fingerprint density at radius 1 is 1.31 bits per heavy atom. The van der Waals surface area contributed by atoms with Gasteiger partial charge in [-0.2, -0.15) is 0 Å². The number of hydrogen-bond donors (Lipinski definition) is 0. The molecule has 0 aliphatic carbocycles. The summed E-state index contributed by atoms with van der Waals surface area (Å²) in [5, 5.41) is 1.04. The van der Waals surface area contributed by atoms with E-state index < -0.39 is 0 Å². The molecule has 0 unspecified atom stereocenters. The van der Waals surface area contributed by atoms with Crippen LogP contribution < -0.4 is 0 Å². The maximum Gasteiger partial charge on any atom is 0.0246 e. The van der Waals surface area contributed by atoms with Crippen molar-refractivity contribution >= 4 is 15.9 Å². The van der Waals surface area contributed by atoms with Crippen LogP contribution >= 0.6 is 15.9 Å². The standard InChI is InChI=1S/C11H24BrN/c1-10(2)7-6-8-13(5)11(3,4)9-12/h10H,6-9H2,1-5H3. The molecule has 80 valence electrons. The normalized spacial score (nSPS) is 12.9. The van der Waals surface area contributed by atoms with Crippen molar-refractivity contribution < 1.29 is 0 Å². The van der Waals surface area contributed by atoms with Crippen LogP contribution in [0.4, 0.5) is 0 Å². The second-order valence-corrected chi connectivity index (χ2v) is 5.46. The summed E-state index contributed by atoms with van der Waals surface area (Å²) < 4.78 is 0. The number of hydrogen-bond acceptors (Lipinski definition) is 1. The van der Waals surface area contributed by atoms with Crippen LogP contribution in [0.1, 0.15) is 40.5 Å². The molecular formula is C11H24BrN. The van der Waals surface area contributed by atoms with E-state index in [0.29, 0.717) is 0 Å². The van der Waals surface area contributed by atoms with Gasteiger partial charge >= 0.3 is 0 Å². The first-order valence-corrected chi connectivity index (χ1v) is 6.29. The van der Waals surface area contributed by atoms with Gasteiger partial charge in [-0.25, -0.2) is 0 Å². The second kappa shape index (κ2) is 6.02. The first-order valence-electron chi connectivity index (χ1n) is 5.17. The van der Waals surface area contributed by atoms with E-state index in [1.54, 1.807) is 0 Å². The summed E-state index contributed by atoms with van der Waals surface area (Å²) >= 11 is 3.55. The Morgan fingerprint density at radius 3 is 2.23 bits per heavy atom. The minimum Gasteiger partial charge on any atom is -0.300 e. The number of rotatable bonds is 6. The van der Waals surface area contributed by atoms with Crippen molar-refractivity contribution in [2.45, 2.75) is 46.1 Å². The van der Waals surface area contributed by atoms with E-state index >= 15 is 0 Å². The van der Waals surface area contributed by atoms with E-state index in [1.165, 1.54) is 19.4 Å². The van der Waals surface area contributed by atoms with Gasteiger partial charge in [0, 0.05) is 10.9 Å². The highest BCUT2D eigenvalue weighted by atomic mass is 79.9. The fourth-order valence-corrected chi connectivity index (χ4v) is 1.57. The molecule has 0 amide bonds. The highest BCUT2D eigenvalue weighted by Gasteiger charge is 2.20. The molecule has 2 heteroatoms. The number of nitrogens with zero attached hydrogens (tertiary/aromatic N) is 1. The third kappa shape index (κ3) is 5.69. The van der Waals surface area contributed by atoms with Gasteiger partial charge < -0.3 is 4.90 Å². The van der Waals surface area contributed by atoms with E-state index in [2.05, 4.69) is 55.6 Å². The lowest BCUT2D eigenvalue weighted by Gasteiger charge is -2.34. The molecule has 0 bridgehead atoms. The summed E-state index contributed by atoms with van der Waals surface area (Å²) in [4.78, 5) is 2.43. The topological polar surface area (TPSA) is 3.24 Å². The van der Waals surface area contributed by atoms with Crippen molar-refractivity contribution in [2.75, 3.05) is 18.9 Å². The van der Waals surface area contributed by atoms with Crippen LogP contribution in [0.3, 0.4) is 0 Å². The summed E-state index contributed by atoms with van der Waals surface area (Å²) in [6, 6.07) is 0. The Morgan fingerprint density at radius 2 is 1.85 bits per heavy atom. The van der Waals surface area contributed by atoms with Crippen LogP contribution in [0.5, 0.6) is 0 Å². The van der Waals surface area contributed by atoms with Crippen molar-refractivity contribution in [1.29, 1.82) is 0 Å². The van der Waals surface area contributed by atoms with E-state index in [1.807, 2.05) is 0 Å². The quantitative estimate of drug-likeness (QED) is 0.652. The van der Waals surface area contributed by atoms with Gasteiger partial charge in [-0.05, 0) is 46.2 Å². The highest BCUT2D eigenvalue weighted by Crippen LogP contribution is 2.16. The molecule has 0 aliphatic rings. The van der Waals surface area contributed by atoms with Gasteiger partial charge in [-0.1, -0.05) is 29.8 Å². The Balaban J connectivity index is 3.68. The van der Waals surface area contributed by atoms with Crippen molar-refractivity contribution in [1.82, 2.24) is 4.90 Å². The van der Waals surface area contributed by atoms with Crippen molar-refractivity contribution in [3.63, 3.8) is 0 Å². The fraction of sp³-hybridized carbons (Fsp3) is 1.00. The first kappa shape index (κ1) is 13.4. The van der Waals surface area contributed by atoms with Crippen LogP contribution in [0.2, 0.25) is 0 Å². The first-order chi connectivity index (χ1) is 5.90. The highest BCUT2D eigenvalue weighted by molar-refractivity contribution is 9.09. The molecule has 0 atom stereocenters. The monoisotopic (exact) mass is 249 g/mol. The van der Waals surface area contributed by atoms with Gasteiger partial charge in [-0.15, -0.1) is 0 Å². The lowest BCUT2D eigenvalue weighted by molar-refractivity contribution is 0.176. The van der Waals surface area contributed by atoms with Crippen molar-refractivity contribution in [2.24, 2.45) is 5.92 Å². The summed E-state index contributed by atoms with van der Waals surface area (Å²) in [6.45, 7) is 10.3. The fourth-order valence-electron chi connectivity index (χ4n) is 1.14. The molecule has 0 saturated heterocycles. The van der Waals surface area contributed by atoms with Gasteiger partial charge in [0.25, 0.3) is 0 Å². The SMILES string of the molecule is CC(C)CCCN(C)C(C)(C)CBr. The number of alkyl halides is 1. The van der Waals surface area contributed by atoms with Crippen LogP contribution in [-0.2, 0) is 0 Å². The summed E-state index contributed by atoms with van der Waals surface area (Å²) in [7, 11) is 2.21. The molecule has 0 aromatic rings. The Bertz CT molecular complexity index is 132. The van der Waals surface area contributed by atoms with E-state index in [-0.39, 0.29) is 5.54 Å². The van der Waals surface area contributed by atoms with Gasteiger partial charge in [0.1, 0.15) is 0 Å². The molecule has 0 saturated carbocycles. The van der Waals surface area contributed by atoms with E-state index in [9.17, 15) is 0 Å². The van der Waals surface area contributed by atoms with Crippen molar-refractivity contribution in [3.8, 4) is 0 Å². The van der Waals surface area contributed by atoms with Gasteiger partial charge in [0.05, 0.1) is 0 Å². The zero-order valence-corrected chi connectivity index (χ0v) is 11.3. The maximum atomic E-state index is 3.55. The van der Waals surface area contributed by atoms with Crippen LogP contribution in [0, 0.1) is 5.92 Å². The molecule has 0 aliphatic heterocycles. The molecule has 0 heterocycles. The molecule has 0 N–H and O–H groups in total. The molecule has 1 nitrogen and oxygen atoms in total. The van der Waals surface area contributed by atoms with E-state index in [0.717, 1.165) is 11.2 Å². The van der Waals surface area contributed by atoms with E-state index in [4.69, 9.17) is 0 Å². The maximum absolute atomic E-state index is 3.55. The molecule has 0 aromatic carbocycles. The van der Waals surface area contributed by atoms with Gasteiger partial charge in [0.15, 0.2) is 0 Å². The predicted octanol–water partition coefficient (Wildman–Crippen LogP) is 3.53. The summed E-state index contributed by atoms with van der Waals surface area (Å²) in [5.41, 5.74) is 0.289. The Labute approximate surface area is 92.0 Å². The Hall–Kier alpha value is 0.440. The molecule has 0 radical (unpaired) electrons.